The minimum Gasteiger partial charge on any atom is -0.478 e. The molecule has 5 rings (SSSR count). The predicted octanol–water partition coefficient (Wildman–Crippen LogP) is 7.15. The van der Waals surface area contributed by atoms with Gasteiger partial charge in [-0.15, -0.1) is 0 Å². The van der Waals surface area contributed by atoms with Gasteiger partial charge in [0.25, 0.3) is 0 Å². The lowest BCUT2D eigenvalue weighted by atomic mass is 9.99. The van der Waals surface area contributed by atoms with Crippen LogP contribution in [0.4, 0.5) is 13.2 Å². The van der Waals surface area contributed by atoms with Gasteiger partial charge in [-0.25, -0.2) is 0 Å². The van der Waals surface area contributed by atoms with E-state index in [-0.39, 0.29) is 35.9 Å². The zero-order chi connectivity index (χ0) is 24.0. The molecule has 0 N–H and O–H groups in total. The highest BCUT2D eigenvalue weighted by molar-refractivity contribution is 9.10. The van der Waals surface area contributed by atoms with Gasteiger partial charge in [-0.05, 0) is 42.3 Å². The smallest absolute Gasteiger partial charge is 0.450 e. The molecule has 0 radical (unpaired) electrons. The van der Waals surface area contributed by atoms with Gasteiger partial charge in [-0.1, -0.05) is 58.4 Å². The van der Waals surface area contributed by atoms with Crippen LogP contribution in [0, 0.1) is 0 Å². The van der Waals surface area contributed by atoms with E-state index in [9.17, 15) is 18.0 Å². The molecule has 1 aromatic heterocycles. The Balaban J connectivity index is 1.68. The summed E-state index contributed by atoms with van der Waals surface area (Å²) in [7, 11) is 0. The summed E-state index contributed by atoms with van der Waals surface area (Å²) < 4.78 is 54.3. The van der Waals surface area contributed by atoms with Crippen LogP contribution in [0.5, 0.6) is 5.75 Å². The molecule has 0 aliphatic carbocycles. The second-order valence-corrected chi connectivity index (χ2v) is 9.08. The van der Waals surface area contributed by atoms with E-state index in [1.165, 1.54) is 18.2 Å². The zero-order valence-corrected chi connectivity index (χ0v) is 19.6. The molecule has 0 amide bonds. The first-order chi connectivity index (χ1) is 16.2. The van der Waals surface area contributed by atoms with Gasteiger partial charge in [0.2, 0.25) is 11.2 Å². The zero-order valence-electron chi connectivity index (χ0n) is 18.0. The van der Waals surface area contributed by atoms with Crippen LogP contribution < -0.4 is 10.2 Å². The van der Waals surface area contributed by atoms with Gasteiger partial charge >= 0.3 is 6.18 Å². The molecule has 0 spiro atoms. The Bertz CT molecular complexity index is 1420. The van der Waals surface area contributed by atoms with Crippen LogP contribution in [0.25, 0.3) is 22.1 Å². The van der Waals surface area contributed by atoms with Crippen LogP contribution in [0.2, 0.25) is 0 Å². The van der Waals surface area contributed by atoms with Crippen molar-refractivity contribution in [1.29, 1.82) is 0 Å². The van der Waals surface area contributed by atoms with Crippen LogP contribution in [0.15, 0.2) is 80.4 Å². The van der Waals surface area contributed by atoms with Gasteiger partial charge in [0.05, 0.1) is 16.5 Å². The van der Waals surface area contributed by atoms with Crippen LogP contribution in [-0.2, 0) is 12.7 Å². The van der Waals surface area contributed by atoms with Crippen molar-refractivity contribution < 1.29 is 22.3 Å². The third-order valence-electron chi connectivity index (χ3n) is 6.09. The number of fused-ring (bicyclic) bond motifs is 3. The van der Waals surface area contributed by atoms with Gasteiger partial charge in [0.1, 0.15) is 18.1 Å². The van der Waals surface area contributed by atoms with Crippen molar-refractivity contribution in [3.05, 3.63) is 98.3 Å². The van der Waals surface area contributed by atoms with Crippen LogP contribution >= 0.6 is 15.9 Å². The molecule has 0 saturated heterocycles. The molecule has 8 heteroatoms. The maximum atomic E-state index is 14.1. The summed E-state index contributed by atoms with van der Waals surface area (Å²) in [6.07, 6.45) is -4.86. The Hall–Kier alpha value is -3.10. The summed E-state index contributed by atoms with van der Waals surface area (Å²) in [5.41, 5.74) is 0.284. The molecular formula is C26H19BrF3NO3. The van der Waals surface area contributed by atoms with E-state index in [1.54, 1.807) is 18.2 Å². The van der Waals surface area contributed by atoms with Crippen molar-refractivity contribution in [3.63, 3.8) is 0 Å². The maximum Gasteiger partial charge on any atom is 0.450 e. The quantitative estimate of drug-likeness (QED) is 0.282. The number of alkyl halides is 3. The Morgan fingerprint density at radius 2 is 1.71 bits per heavy atom. The van der Waals surface area contributed by atoms with Gasteiger partial charge < -0.3 is 9.15 Å². The van der Waals surface area contributed by atoms with Crippen molar-refractivity contribution in [2.75, 3.05) is 6.73 Å². The lowest BCUT2D eigenvalue weighted by Gasteiger charge is -2.34. The summed E-state index contributed by atoms with van der Waals surface area (Å²) in [6, 6.07) is 18.9. The summed E-state index contributed by atoms with van der Waals surface area (Å²) in [5, 5.41) is 0.0856. The van der Waals surface area contributed by atoms with E-state index in [4.69, 9.17) is 9.15 Å². The number of benzene rings is 3. The van der Waals surface area contributed by atoms with Gasteiger partial charge in [-0.2, -0.15) is 13.2 Å². The fourth-order valence-corrected chi connectivity index (χ4v) is 4.52. The van der Waals surface area contributed by atoms with Crippen LogP contribution in [-0.4, -0.2) is 11.6 Å². The summed E-state index contributed by atoms with van der Waals surface area (Å²) >= 11 is 3.27. The molecule has 3 aromatic carbocycles. The SMILES string of the molecule is CC(c1ccccc1)N1COc2ccc3c(=O)c(-c4ccc(Br)cc4)c(C(F)(F)F)oc3c2C1. The van der Waals surface area contributed by atoms with Gasteiger partial charge in [-0.3, -0.25) is 9.69 Å². The average molecular weight is 530 g/mol. The van der Waals surface area contributed by atoms with Crippen LogP contribution in [0.3, 0.4) is 0 Å². The predicted molar refractivity (Wildman–Crippen MR) is 127 cm³/mol. The molecule has 174 valence electrons. The second kappa shape index (κ2) is 8.60. The van der Waals surface area contributed by atoms with Gasteiger partial charge in [0.15, 0.2) is 0 Å². The highest BCUT2D eigenvalue weighted by Gasteiger charge is 2.40. The average Bonchev–Trinajstić information content (AvgIpc) is 2.83. The highest BCUT2D eigenvalue weighted by atomic mass is 79.9. The minimum atomic E-state index is -4.86. The highest BCUT2D eigenvalue weighted by Crippen LogP contribution is 2.41. The number of halogens is 4. The molecule has 1 unspecified atom stereocenters. The maximum absolute atomic E-state index is 14.1. The third kappa shape index (κ3) is 4.01. The molecule has 4 aromatic rings. The van der Waals surface area contributed by atoms with Crippen molar-refractivity contribution >= 4 is 26.9 Å². The van der Waals surface area contributed by atoms with Gasteiger partial charge in [0, 0.05) is 17.1 Å². The van der Waals surface area contributed by atoms with Crippen molar-refractivity contribution in [1.82, 2.24) is 4.90 Å². The number of nitrogens with zero attached hydrogens (tertiary/aromatic N) is 1. The standard InChI is InChI=1S/C26H19BrF3NO3/c1-15(16-5-3-2-4-6-16)31-13-20-21(33-14-31)12-11-19-23(32)22(17-7-9-18(27)10-8-17)25(26(28,29)30)34-24(19)20/h2-12,15H,13-14H2,1H3. The Morgan fingerprint density at radius 3 is 2.38 bits per heavy atom. The summed E-state index contributed by atoms with van der Waals surface area (Å²) in [4.78, 5) is 15.4. The molecule has 34 heavy (non-hydrogen) atoms. The van der Waals surface area contributed by atoms with E-state index < -0.39 is 22.9 Å². The number of rotatable bonds is 3. The number of hydrogen-bond donors (Lipinski definition) is 0. The normalized spacial score (nSPS) is 15.1. The lowest BCUT2D eigenvalue weighted by Crippen LogP contribution is -2.34. The molecule has 0 bridgehead atoms. The fraction of sp³-hybridized carbons (Fsp3) is 0.192. The monoisotopic (exact) mass is 529 g/mol. The summed E-state index contributed by atoms with van der Waals surface area (Å²) in [5.74, 6) is -0.898. The molecular weight excluding hydrogens is 511 g/mol. The molecule has 1 aliphatic heterocycles. The Labute approximate surface area is 201 Å². The molecule has 4 nitrogen and oxygen atoms in total. The fourth-order valence-electron chi connectivity index (χ4n) is 4.25. The minimum absolute atomic E-state index is 0.0551. The summed E-state index contributed by atoms with van der Waals surface area (Å²) in [6.45, 7) is 2.54. The molecule has 0 saturated carbocycles. The first kappa shape index (κ1) is 22.7. The Kier molecular flexibility index (Phi) is 5.73. The van der Waals surface area contributed by atoms with Crippen molar-refractivity contribution in [3.8, 4) is 16.9 Å². The first-order valence-corrected chi connectivity index (χ1v) is 11.4. The van der Waals surface area contributed by atoms with E-state index in [0.717, 1.165) is 5.56 Å². The Morgan fingerprint density at radius 1 is 1.00 bits per heavy atom. The first-order valence-electron chi connectivity index (χ1n) is 10.6. The molecule has 2 heterocycles. The molecule has 1 atom stereocenters. The number of hydrogen-bond acceptors (Lipinski definition) is 4. The third-order valence-corrected chi connectivity index (χ3v) is 6.62. The van der Waals surface area contributed by atoms with Crippen molar-refractivity contribution in [2.24, 2.45) is 0 Å². The second-order valence-electron chi connectivity index (χ2n) is 8.17. The largest absolute Gasteiger partial charge is 0.478 e. The molecule has 0 fully saturated rings. The number of ether oxygens (including phenoxy) is 1. The van der Waals surface area contributed by atoms with Crippen molar-refractivity contribution in [2.45, 2.75) is 25.7 Å². The van der Waals surface area contributed by atoms with E-state index in [2.05, 4.69) is 15.9 Å². The van der Waals surface area contributed by atoms with E-state index in [0.29, 0.717) is 15.8 Å². The molecule has 1 aliphatic rings. The topological polar surface area (TPSA) is 42.7 Å². The van der Waals surface area contributed by atoms with E-state index >= 15 is 0 Å². The lowest BCUT2D eigenvalue weighted by molar-refractivity contribution is -0.152. The van der Waals surface area contributed by atoms with Crippen LogP contribution in [0.1, 0.15) is 29.9 Å². The van der Waals surface area contributed by atoms with E-state index in [1.807, 2.05) is 42.2 Å².